The average Bonchev–Trinajstić information content (AvgIpc) is 1.98. The van der Waals surface area contributed by atoms with E-state index in [1.54, 1.807) is 6.08 Å². The molecule has 0 bridgehead atoms. The standard InChI is InChI=1S/C11H20O/c1-4-6-7-8-10-11(3,12)9-5-2/h5-7,12H,2,4,8-10H2,1,3H3. The van der Waals surface area contributed by atoms with Gasteiger partial charge in [-0.3, -0.25) is 0 Å². The van der Waals surface area contributed by atoms with Gasteiger partial charge < -0.3 is 5.11 Å². The van der Waals surface area contributed by atoms with Gasteiger partial charge in [-0.25, -0.2) is 0 Å². The molecule has 0 aliphatic rings. The maximum absolute atomic E-state index is 9.71. The summed E-state index contributed by atoms with van der Waals surface area (Å²) in [6, 6.07) is 0. The molecule has 0 amide bonds. The van der Waals surface area contributed by atoms with Crippen LogP contribution < -0.4 is 0 Å². The molecule has 0 saturated carbocycles. The van der Waals surface area contributed by atoms with Gasteiger partial charge in [0.1, 0.15) is 0 Å². The summed E-state index contributed by atoms with van der Waals surface area (Å²) >= 11 is 0. The zero-order valence-electron chi connectivity index (χ0n) is 8.21. The molecule has 0 aromatic heterocycles. The molecular weight excluding hydrogens is 148 g/mol. The third kappa shape index (κ3) is 6.17. The van der Waals surface area contributed by atoms with E-state index in [1.165, 1.54) is 0 Å². The minimum atomic E-state index is -0.570. The van der Waals surface area contributed by atoms with Crippen molar-refractivity contribution in [3.05, 3.63) is 24.8 Å². The van der Waals surface area contributed by atoms with Crippen LogP contribution in [0.15, 0.2) is 24.8 Å². The summed E-state index contributed by atoms with van der Waals surface area (Å²) in [7, 11) is 0. The van der Waals surface area contributed by atoms with Crippen molar-refractivity contribution < 1.29 is 5.11 Å². The molecule has 1 heteroatoms. The summed E-state index contributed by atoms with van der Waals surface area (Å²) in [6.45, 7) is 7.58. The fourth-order valence-corrected chi connectivity index (χ4v) is 1.09. The van der Waals surface area contributed by atoms with Crippen molar-refractivity contribution in [2.45, 2.75) is 45.1 Å². The quantitative estimate of drug-likeness (QED) is 0.604. The van der Waals surface area contributed by atoms with Gasteiger partial charge in [0.05, 0.1) is 5.60 Å². The molecule has 0 spiro atoms. The van der Waals surface area contributed by atoms with Crippen LogP contribution in [-0.2, 0) is 0 Å². The van der Waals surface area contributed by atoms with Gasteiger partial charge in [-0.1, -0.05) is 25.2 Å². The number of hydrogen-bond acceptors (Lipinski definition) is 1. The third-order valence-electron chi connectivity index (χ3n) is 1.84. The maximum Gasteiger partial charge on any atom is 0.0656 e. The van der Waals surface area contributed by atoms with Gasteiger partial charge in [-0.05, 0) is 32.6 Å². The first-order valence-electron chi connectivity index (χ1n) is 4.60. The van der Waals surface area contributed by atoms with Crippen LogP contribution in [0.4, 0.5) is 0 Å². The van der Waals surface area contributed by atoms with Crippen molar-refractivity contribution in [3.8, 4) is 0 Å². The van der Waals surface area contributed by atoms with E-state index in [-0.39, 0.29) is 0 Å². The monoisotopic (exact) mass is 168 g/mol. The Morgan fingerprint density at radius 3 is 2.58 bits per heavy atom. The number of allylic oxidation sites excluding steroid dienone is 2. The van der Waals surface area contributed by atoms with E-state index in [9.17, 15) is 5.11 Å². The first-order valence-corrected chi connectivity index (χ1v) is 4.60. The predicted octanol–water partition coefficient (Wildman–Crippen LogP) is 3.06. The molecule has 1 atom stereocenters. The lowest BCUT2D eigenvalue weighted by molar-refractivity contribution is 0.0551. The lowest BCUT2D eigenvalue weighted by Crippen LogP contribution is -2.22. The smallest absolute Gasteiger partial charge is 0.0656 e. The summed E-state index contributed by atoms with van der Waals surface area (Å²) in [5.41, 5.74) is -0.570. The van der Waals surface area contributed by atoms with E-state index >= 15 is 0 Å². The van der Waals surface area contributed by atoms with Crippen LogP contribution in [0.2, 0.25) is 0 Å². The Hall–Kier alpha value is -0.560. The van der Waals surface area contributed by atoms with Crippen LogP contribution in [0.25, 0.3) is 0 Å². The third-order valence-corrected chi connectivity index (χ3v) is 1.84. The lowest BCUT2D eigenvalue weighted by atomic mass is 9.96. The lowest BCUT2D eigenvalue weighted by Gasteiger charge is -2.20. The molecular formula is C11H20O. The second-order valence-corrected chi connectivity index (χ2v) is 3.41. The Bertz CT molecular complexity index is 145. The highest BCUT2D eigenvalue weighted by Crippen LogP contribution is 2.16. The molecule has 0 radical (unpaired) electrons. The highest BCUT2D eigenvalue weighted by Gasteiger charge is 2.16. The van der Waals surface area contributed by atoms with Crippen LogP contribution in [0.1, 0.15) is 39.5 Å². The van der Waals surface area contributed by atoms with Gasteiger partial charge >= 0.3 is 0 Å². The van der Waals surface area contributed by atoms with Crippen LogP contribution in [-0.4, -0.2) is 10.7 Å². The Kier molecular flexibility index (Phi) is 5.73. The molecule has 0 rings (SSSR count). The summed E-state index contributed by atoms with van der Waals surface area (Å²) in [4.78, 5) is 0. The van der Waals surface area contributed by atoms with Crippen LogP contribution in [0.3, 0.4) is 0 Å². The zero-order chi connectivity index (χ0) is 9.45. The van der Waals surface area contributed by atoms with E-state index in [0.717, 1.165) is 19.3 Å². The van der Waals surface area contributed by atoms with Crippen LogP contribution >= 0.6 is 0 Å². The van der Waals surface area contributed by atoms with Gasteiger partial charge in [0.15, 0.2) is 0 Å². The normalized spacial score (nSPS) is 16.2. The Balaban J connectivity index is 3.59. The topological polar surface area (TPSA) is 20.2 Å². The number of hydrogen-bond donors (Lipinski definition) is 1. The van der Waals surface area contributed by atoms with Gasteiger partial charge in [0.2, 0.25) is 0 Å². The summed E-state index contributed by atoms with van der Waals surface area (Å²) < 4.78 is 0. The van der Waals surface area contributed by atoms with E-state index in [0.29, 0.717) is 6.42 Å². The number of rotatable bonds is 6. The molecule has 0 saturated heterocycles. The van der Waals surface area contributed by atoms with Crippen molar-refractivity contribution in [3.63, 3.8) is 0 Å². The second-order valence-electron chi connectivity index (χ2n) is 3.41. The molecule has 0 aliphatic heterocycles. The number of aliphatic hydroxyl groups is 1. The van der Waals surface area contributed by atoms with Crippen molar-refractivity contribution in [2.75, 3.05) is 0 Å². The van der Waals surface area contributed by atoms with Gasteiger partial charge in [0, 0.05) is 0 Å². The largest absolute Gasteiger partial charge is 0.390 e. The molecule has 1 nitrogen and oxygen atoms in total. The molecule has 0 fully saturated rings. The Labute approximate surface area is 75.8 Å². The maximum atomic E-state index is 9.71. The van der Waals surface area contributed by atoms with E-state index in [2.05, 4.69) is 25.7 Å². The minimum Gasteiger partial charge on any atom is -0.390 e. The molecule has 70 valence electrons. The average molecular weight is 168 g/mol. The highest BCUT2D eigenvalue weighted by molar-refractivity contribution is 4.87. The second kappa shape index (κ2) is 6.01. The van der Waals surface area contributed by atoms with E-state index < -0.39 is 5.60 Å². The van der Waals surface area contributed by atoms with Crippen molar-refractivity contribution in [2.24, 2.45) is 0 Å². The SMILES string of the molecule is C=CCC(C)(O)CCC=CCC. The summed E-state index contributed by atoms with van der Waals surface area (Å²) in [5.74, 6) is 0. The zero-order valence-corrected chi connectivity index (χ0v) is 8.21. The molecule has 0 aliphatic carbocycles. The molecule has 1 unspecified atom stereocenters. The van der Waals surface area contributed by atoms with E-state index in [4.69, 9.17) is 0 Å². The van der Waals surface area contributed by atoms with E-state index in [1.807, 2.05) is 6.92 Å². The van der Waals surface area contributed by atoms with Crippen molar-refractivity contribution in [1.82, 2.24) is 0 Å². The van der Waals surface area contributed by atoms with Crippen molar-refractivity contribution in [1.29, 1.82) is 0 Å². The molecule has 1 N–H and O–H groups in total. The van der Waals surface area contributed by atoms with Crippen LogP contribution in [0.5, 0.6) is 0 Å². The van der Waals surface area contributed by atoms with Gasteiger partial charge in [0.25, 0.3) is 0 Å². The fourth-order valence-electron chi connectivity index (χ4n) is 1.09. The van der Waals surface area contributed by atoms with Gasteiger partial charge in [-0.2, -0.15) is 0 Å². The molecule has 12 heavy (non-hydrogen) atoms. The highest BCUT2D eigenvalue weighted by atomic mass is 16.3. The Morgan fingerprint density at radius 1 is 1.42 bits per heavy atom. The molecule has 0 aromatic rings. The summed E-state index contributed by atoms with van der Waals surface area (Å²) in [6.07, 6.45) is 9.53. The molecule has 0 aromatic carbocycles. The Morgan fingerprint density at radius 2 is 2.08 bits per heavy atom. The fraction of sp³-hybridized carbons (Fsp3) is 0.636. The minimum absolute atomic E-state index is 0.570. The first-order chi connectivity index (χ1) is 5.62. The predicted molar refractivity (Wildman–Crippen MR) is 54.1 cm³/mol. The molecule has 0 heterocycles. The van der Waals surface area contributed by atoms with Crippen molar-refractivity contribution >= 4 is 0 Å². The summed E-state index contributed by atoms with van der Waals surface area (Å²) in [5, 5.41) is 9.71. The first kappa shape index (κ1) is 11.4. The van der Waals surface area contributed by atoms with Crippen LogP contribution in [0, 0.1) is 0 Å². The van der Waals surface area contributed by atoms with Gasteiger partial charge in [-0.15, -0.1) is 6.58 Å².